The fourth-order valence-electron chi connectivity index (χ4n) is 3.08. The minimum absolute atomic E-state index is 0.434. The molecular weight excluding hydrogens is 234 g/mol. The number of aromatic nitrogens is 2. The Hall–Kier alpha value is -0.960. The van der Waals surface area contributed by atoms with Crippen LogP contribution in [0, 0.1) is 5.92 Å². The van der Waals surface area contributed by atoms with Crippen molar-refractivity contribution in [2.24, 2.45) is 5.92 Å². The summed E-state index contributed by atoms with van der Waals surface area (Å²) in [5, 5.41) is 3.67. The second kappa shape index (κ2) is 8.26. The Balaban J connectivity index is 1.96. The Morgan fingerprint density at radius 1 is 1.16 bits per heavy atom. The molecule has 1 unspecified atom stereocenters. The summed E-state index contributed by atoms with van der Waals surface area (Å²) < 4.78 is 0. The molecule has 0 aromatic carbocycles. The first-order chi connectivity index (χ1) is 9.40. The molecule has 1 fully saturated rings. The summed E-state index contributed by atoms with van der Waals surface area (Å²) in [6, 6.07) is 0.434. The van der Waals surface area contributed by atoms with E-state index >= 15 is 0 Å². The smallest absolute Gasteiger partial charge is 0.115 e. The third kappa shape index (κ3) is 4.90. The topological polar surface area (TPSA) is 37.8 Å². The Kier molecular flexibility index (Phi) is 6.28. The molecule has 0 radical (unpaired) electrons. The quantitative estimate of drug-likeness (QED) is 0.790. The van der Waals surface area contributed by atoms with E-state index in [0.29, 0.717) is 6.04 Å². The van der Waals surface area contributed by atoms with Gasteiger partial charge in [0.25, 0.3) is 0 Å². The molecule has 1 saturated carbocycles. The highest BCUT2D eigenvalue weighted by Gasteiger charge is 2.19. The van der Waals surface area contributed by atoms with Crippen LogP contribution < -0.4 is 5.32 Å². The summed E-state index contributed by atoms with van der Waals surface area (Å²) in [4.78, 5) is 8.35. The number of rotatable bonds is 6. The highest BCUT2D eigenvalue weighted by Crippen LogP contribution is 2.30. The van der Waals surface area contributed by atoms with E-state index in [1.54, 1.807) is 6.33 Å². The Morgan fingerprint density at radius 3 is 2.47 bits per heavy atom. The van der Waals surface area contributed by atoms with Gasteiger partial charge in [-0.15, -0.1) is 0 Å². The SMILES string of the molecule is CCCNC(CC1CCCCCC1)c1cncnc1. The third-order valence-corrected chi connectivity index (χ3v) is 4.17. The van der Waals surface area contributed by atoms with Crippen molar-refractivity contribution in [2.45, 2.75) is 64.3 Å². The van der Waals surface area contributed by atoms with E-state index in [4.69, 9.17) is 0 Å². The number of nitrogens with one attached hydrogen (secondary N) is 1. The molecule has 3 heteroatoms. The molecule has 0 bridgehead atoms. The van der Waals surface area contributed by atoms with Gasteiger partial charge in [0.15, 0.2) is 0 Å². The van der Waals surface area contributed by atoms with Gasteiger partial charge in [0.05, 0.1) is 0 Å². The lowest BCUT2D eigenvalue weighted by molar-refractivity contribution is 0.355. The van der Waals surface area contributed by atoms with E-state index < -0.39 is 0 Å². The van der Waals surface area contributed by atoms with Gasteiger partial charge in [0.2, 0.25) is 0 Å². The zero-order valence-electron chi connectivity index (χ0n) is 12.1. The molecule has 0 aliphatic heterocycles. The van der Waals surface area contributed by atoms with E-state index in [0.717, 1.165) is 12.5 Å². The maximum atomic E-state index is 4.17. The minimum atomic E-state index is 0.434. The molecule has 3 nitrogen and oxygen atoms in total. The van der Waals surface area contributed by atoms with Gasteiger partial charge < -0.3 is 5.32 Å². The maximum absolute atomic E-state index is 4.17. The average Bonchev–Trinajstić information content (AvgIpc) is 2.73. The molecule has 1 atom stereocenters. The molecule has 1 N–H and O–H groups in total. The molecular formula is C16H27N3. The summed E-state index contributed by atoms with van der Waals surface area (Å²) in [6.07, 6.45) is 16.5. The predicted octanol–water partition coefficient (Wildman–Crippen LogP) is 3.88. The molecule has 0 spiro atoms. The molecule has 0 amide bonds. The van der Waals surface area contributed by atoms with Crippen molar-refractivity contribution in [3.05, 3.63) is 24.3 Å². The Labute approximate surface area is 117 Å². The Bertz CT molecular complexity index is 331. The van der Waals surface area contributed by atoms with Crippen LogP contribution in [0.1, 0.15) is 69.9 Å². The van der Waals surface area contributed by atoms with Gasteiger partial charge in [0.1, 0.15) is 6.33 Å². The second-order valence-corrected chi connectivity index (χ2v) is 5.77. The van der Waals surface area contributed by atoms with Gasteiger partial charge in [0, 0.05) is 24.0 Å². The Morgan fingerprint density at radius 2 is 1.84 bits per heavy atom. The lowest BCUT2D eigenvalue weighted by Crippen LogP contribution is -2.24. The van der Waals surface area contributed by atoms with Crippen LogP contribution in [0.4, 0.5) is 0 Å². The van der Waals surface area contributed by atoms with Gasteiger partial charge in [-0.05, 0) is 25.3 Å². The van der Waals surface area contributed by atoms with Crippen molar-refractivity contribution < 1.29 is 0 Å². The average molecular weight is 261 g/mol. The van der Waals surface area contributed by atoms with Crippen LogP contribution in [-0.4, -0.2) is 16.5 Å². The second-order valence-electron chi connectivity index (χ2n) is 5.77. The van der Waals surface area contributed by atoms with Crippen LogP contribution in [0.5, 0.6) is 0 Å². The summed E-state index contributed by atoms with van der Waals surface area (Å²) in [5.41, 5.74) is 1.25. The van der Waals surface area contributed by atoms with Crippen molar-refractivity contribution in [1.29, 1.82) is 0 Å². The van der Waals surface area contributed by atoms with E-state index in [2.05, 4.69) is 22.2 Å². The molecule has 106 valence electrons. The first kappa shape index (κ1) is 14.4. The lowest BCUT2D eigenvalue weighted by Gasteiger charge is -2.23. The molecule has 2 rings (SSSR count). The molecule has 1 aliphatic rings. The summed E-state index contributed by atoms with van der Waals surface area (Å²) in [5.74, 6) is 0.872. The summed E-state index contributed by atoms with van der Waals surface area (Å²) >= 11 is 0. The normalized spacial score (nSPS) is 19.0. The molecule has 1 aromatic rings. The highest BCUT2D eigenvalue weighted by atomic mass is 14.9. The van der Waals surface area contributed by atoms with Crippen LogP contribution in [0.25, 0.3) is 0 Å². The first-order valence-corrected chi connectivity index (χ1v) is 7.88. The van der Waals surface area contributed by atoms with Crippen molar-refractivity contribution in [3.63, 3.8) is 0 Å². The maximum Gasteiger partial charge on any atom is 0.115 e. The van der Waals surface area contributed by atoms with Gasteiger partial charge in [-0.3, -0.25) is 0 Å². The van der Waals surface area contributed by atoms with Gasteiger partial charge in [-0.2, -0.15) is 0 Å². The van der Waals surface area contributed by atoms with Gasteiger partial charge in [-0.1, -0.05) is 45.4 Å². The van der Waals surface area contributed by atoms with Crippen molar-refractivity contribution in [2.75, 3.05) is 6.54 Å². The lowest BCUT2D eigenvalue weighted by atomic mass is 9.90. The third-order valence-electron chi connectivity index (χ3n) is 4.17. The van der Waals surface area contributed by atoms with E-state index in [9.17, 15) is 0 Å². The largest absolute Gasteiger partial charge is 0.310 e. The summed E-state index contributed by atoms with van der Waals surface area (Å²) in [7, 11) is 0. The molecule has 0 saturated heterocycles. The van der Waals surface area contributed by atoms with Gasteiger partial charge >= 0.3 is 0 Å². The standard InChI is InChI=1S/C16H27N3/c1-2-9-19-16(15-11-17-13-18-12-15)10-14-7-5-3-4-6-8-14/h11-14,16,19H,2-10H2,1H3. The molecule has 1 heterocycles. The molecule has 1 aliphatic carbocycles. The first-order valence-electron chi connectivity index (χ1n) is 7.88. The summed E-state index contributed by atoms with van der Waals surface area (Å²) in [6.45, 7) is 3.30. The van der Waals surface area contributed by atoms with Crippen molar-refractivity contribution in [1.82, 2.24) is 15.3 Å². The monoisotopic (exact) mass is 261 g/mol. The molecule has 1 aromatic heterocycles. The highest BCUT2D eigenvalue weighted by molar-refractivity contribution is 5.09. The van der Waals surface area contributed by atoms with Crippen molar-refractivity contribution >= 4 is 0 Å². The fourth-order valence-corrected chi connectivity index (χ4v) is 3.08. The number of hydrogen-bond acceptors (Lipinski definition) is 3. The van der Waals surface area contributed by atoms with E-state index in [-0.39, 0.29) is 0 Å². The fraction of sp³-hybridized carbons (Fsp3) is 0.750. The van der Waals surface area contributed by atoms with Gasteiger partial charge in [-0.25, -0.2) is 9.97 Å². The molecule has 19 heavy (non-hydrogen) atoms. The zero-order chi connectivity index (χ0) is 13.3. The van der Waals surface area contributed by atoms with Crippen LogP contribution in [0.2, 0.25) is 0 Å². The van der Waals surface area contributed by atoms with Crippen LogP contribution in [-0.2, 0) is 0 Å². The minimum Gasteiger partial charge on any atom is -0.310 e. The van der Waals surface area contributed by atoms with Crippen LogP contribution in [0.3, 0.4) is 0 Å². The van der Waals surface area contributed by atoms with Crippen LogP contribution in [0.15, 0.2) is 18.7 Å². The number of nitrogens with zero attached hydrogens (tertiary/aromatic N) is 2. The van der Waals surface area contributed by atoms with Crippen molar-refractivity contribution in [3.8, 4) is 0 Å². The van der Waals surface area contributed by atoms with E-state index in [1.807, 2.05) is 12.4 Å². The number of hydrogen-bond donors (Lipinski definition) is 1. The van der Waals surface area contributed by atoms with Crippen LogP contribution >= 0.6 is 0 Å². The van der Waals surface area contributed by atoms with E-state index in [1.165, 1.54) is 56.9 Å². The zero-order valence-corrected chi connectivity index (χ0v) is 12.1. The predicted molar refractivity (Wildman–Crippen MR) is 78.9 cm³/mol.